The lowest BCUT2D eigenvalue weighted by atomic mass is 10.1. The quantitative estimate of drug-likeness (QED) is 0.735. The van der Waals surface area contributed by atoms with Crippen molar-refractivity contribution in [3.63, 3.8) is 0 Å². The Morgan fingerprint density at radius 3 is 3.00 bits per heavy atom. The van der Waals surface area contributed by atoms with E-state index in [0.29, 0.717) is 5.56 Å². The van der Waals surface area contributed by atoms with Gasteiger partial charge in [0, 0.05) is 29.5 Å². The molecule has 0 atom stereocenters. The van der Waals surface area contributed by atoms with Crippen molar-refractivity contribution in [1.82, 2.24) is 9.97 Å². The Labute approximate surface area is 110 Å². The van der Waals surface area contributed by atoms with Crippen LogP contribution in [0.2, 0.25) is 0 Å². The molecule has 0 radical (unpaired) electrons. The molecule has 1 N–H and O–H groups in total. The Morgan fingerprint density at radius 2 is 2.24 bits per heavy atom. The number of carbonyl (C=O) groups excluding carboxylic acids is 1. The molecule has 0 aliphatic heterocycles. The van der Waals surface area contributed by atoms with Crippen LogP contribution in [0.1, 0.15) is 15.2 Å². The van der Waals surface area contributed by atoms with E-state index in [1.165, 1.54) is 11.3 Å². The lowest BCUT2D eigenvalue weighted by Crippen LogP contribution is -1.96. The van der Waals surface area contributed by atoms with Gasteiger partial charge in [0.2, 0.25) is 5.78 Å². The third kappa shape index (κ3) is 1.81. The number of rotatable bonds is 2. The first-order valence-electron chi connectivity index (χ1n) is 4.97. The zero-order valence-corrected chi connectivity index (χ0v) is 11.0. The highest BCUT2D eigenvalue weighted by atomic mass is 79.9. The average molecular weight is 307 g/mol. The van der Waals surface area contributed by atoms with E-state index < -0.39 is 0 Å². The summed E-state index contributed by atoms with van der Waals surface area (Å²) in [4.78, 5) is 20.1. The predicted octanol–water partition coefficient (Wildman–Crippen LogP) is 3.62. The molecule has 0 unspecified atom stereocenters. The molecule has 84 valence electrons. The number of hydrogen-bond acceptors (Lipinski definition) is 3. The minimum absolute atomic E-state index is 0.0277. The maximum Gasteiger partial charge on any atom is 0.205 e. The fourth-order valence-corrected chi connectivity index (χ4v) is 3.06. The van der Waals surface area contributed by atoms with E-state index in [-0.39, 0.29) is 5.78 Å². The molecule has 0 saturated carbocycles. The number of thiophene rings is 1. The molecule has 17 heavy (non-hydrogen) atoms. The van der Waals surface area contributed by atoms with Gasteiger partial charge in [0.25, 0.3) is 0 Å². The summed E-state index contributed by atoms with van der Waals surface area (Å²) in [6.45, 7) is 0. The molecule has 0 aliphatic carbocycles. The Hall–Kier alpha value is -1.46. The molecule has 0 bridgehead atoms. The smallest absolute Gasteiger partial charge is 0.205 e. The van der Waals surface area contributed by atoms with Crippen LogP contribution >= 0.6 is 27.3 Å². The lowest BCUT2D eigenvalue weighted by Gasteiger charge is -1.94. The van der Waals surface area contributed by atoms with E-state index >= 15 is 0 Å². The monoisotopic (exact) mass is 306 g/mol. The van der Waals surface area contributed by atoms with Crippen molar-refractivity contribution >= 4 is 44.0 Å². The highest BCUT2D eigenvalue weighted by Crippen LogP contribution is 2.26. The largest absolute Gasteiger partial charge is 0.360 e. The second kappa shape index (κ2) is 4.09. The maximum absolute atomic E-state index is 12.3. The van der Waals surface area contributed by atoms with Crippen molar-refractivity contribution < 1.29 is 4.79 Å². The lowest BCUT2D eigenvalue weighted by molar-refractivity contribution is 0.104. The molecule has 3 aromatic rings. The Balaban J connectivity index is 2.13. The van der Waals surface area contributed by atoms with Crippen LogP contribution in [0.3, 0.4) is 0 Å². The molecule has 3 rings (SSSR count). The van der Waals surface area contributed by atoms with Gasteiger partial charge < -0.3 is 4.98 Å². The van der Waals surface area contributed by atoms with Gasteiger partial charge in [-0.15, -0.1) is 11.3 Å². The first-order chi connectivity index (χ1) is 8.25. The molecule has 0 amide bonds. The second-order valence-electron chi connectivity index (χ2n) is 3.56. The van der Waals surface area contributed by atoms with Gasteiger partial charge in [-0.1, -0.05) is 0 Å². The number of H-pyrrole nitrogens is 1. The van der Waals surface area contributed by atoms with Crippen LogP contribution in [0, 0.1) is 0 Å². The number of carbonyl (C=O) groups is 1. The third-order valence-corrected chi connectivity index (χ3v) is 4.15. The number of aromatic nitrogens is 2. The van der Waals surface area contributed by atoms with Crippen LogP contribution in [-0.4, -0.2) is 15.8 Å². The molecule has 3 heterocycles. The highest BCUT2D eigenvalue weighted by molar-refractivity contribution is 9.11. The number of nitrogens with zero attached hydrogens (tertiary/aromatic N) is 1. The summed E-state index contributed by atoms with van der Waals surface area (Å²) in [7, 11) is 0. The summed E-state index contributed by atoms with van der Waals surface area (Å²) < 4.78 is 0.957. The number of ketones is 1. The molecule has 0 fully saturated rings. The molecular weight excluding hydrogens is 300 g/mol. The zero-order chi connectivity index (χ0) is 11.8. The average Bonchev–Trinajstić information content (AvgIpc) is 2.94. The summed E-state index contributed by atoms with van der Waals surface area (Å²) >= 11 is 4.80. The zero-order valence-electron chi connectivity index (χ0n) is 8.61. The Bertz CT molecular complexity index is 701. The van der Waals surface area contributed by atoms with Gasteiger partial charge in [0.1, 0.15) is 0 Å². The van der Waals surface area contributed by atoms with E-state index in [1.807, 2.05) is 18.2 Å². The first kappa shape index (κ1) is 10.7. The molecule has 5 heteroatoms. The van der Waals surface area contributed by atoms with Gasteiger partial charge >= 0.3 is 0 Å². The number of halogens is 1. The minimum Gasteiger partial charge on any atom is -0.360 e. The Morgan fingerprint density at radius 1 is 1.35 bits per heavy atom. The van der Waals surface area contributed by atoms with Crippen molar-refractivity contribution in [3.05, 3.63) is 51.0 Å². The first-order valence-corrected chi connectivity index (χ1v) is 6.58. The number of aromatic amines is 1. The summed E-state index contributed by atoms with van der Waals surface area (Å²) in [5.74, 6) is 0.0277. The van der Waals surface area contributed by atoms with Gasteiger partial charge in [-0.2, -0.15) is 0 Å². The van der Waals surface area contributed by atoms with Crippen LogP contribution in [0.5, 0.6) is 0 Å². The summed E-state index contributed by atoms with van der Waals surface area (Å²) in [5, 5.41) is 0.863. The standard InChI is InChI=1S/C12H7BrN2OS/c13-11-2-1-10(17-11)12(16)8-6-15-9-3-4-14-5-7(8)9/h1-6,15H. The molecule has 0 aromatic carbocycles. The van der Waals surface area contributed by atoms with Gasteiger partial charge in [-0.3, -0.25) is 9.78 Å². The maximum atomic E-state index is 12.3. The topological polar surface area (TPSA) is 45.8 Å². The van der Waals surface area contributed by atoms with Gasteiger partial charge in [0.05, 0.1) is 14.2 Å². The van der Waals surface area contributed by atoms with E-state index in [9.17, 15) is 4.79 Å². The Kier molecular flexibility index (Phi) is 2.57. The second-order valence-corrected chi connectivity index (χ2v) is 6.02. The fraction of sp³-hybridized carbons (Fsp3) is 0. The molecule has 3 aromatic heterocycles. The van der Waals surface area contributed by atoms with E-state index in [0.717, 1.165) is 19.6 Å². The number of pyridine rings is 1. The molecular formula is C12H7BrN2OS. The van der Waals surface area contributed by atoms with Crippen LogP contribution in [-0.2, 0) is 0 Å². The van der Waals surface area contributed by atoms with Crippen molar-refractivity contribution in [2.24, 2.45) is 0 Å². The highest BCUT2D eigenvalue weighted by Gasteiger charge is 2.15. The molecule has 0 spiro atoms. The van der Waals surface area contributed by atoms with E-state index in [4.69, 9.17) is 0 Å². The molecule has 0 aliphatic rings. The van der Waals surface area contributed by atoms with Crippen LogP contribution < -0.4 is 0 Å². The van der Waals surface area contributed by atoms with Crippen molar-refractivity contribution in [2.45, 2.75) is 0 Å². The summed E-state index contributed by atoms with van der Waals surface area (Å²) in [6.07, 6.45) is 5.15. The predicted molar refractivity (Wildman–Crippen MR) is 71.5 cm³/mol. The van der Waals surface area contributed by atoms with E-state index in [2.05, 4.69) is 25.9 Å². The van der Waals surface area contributed by atoms with Crippen LogP contribution in [0.15, 0.2) is 40.6 Å². The van der Waals surface area contributed by atoms with Crippen molar-refractivity contribution in [1.29, 1.82) is 0 Å². The normalized spacial score (nSPS) is 10.9. The molecule has 3 nitrogen and oxygen atoms in total. The third-order valence-electron chi connectivity index (χ3n) is 2.52. The molecule has 0 saturated heterocycles. The van der Waals surface area contributed by atoms with Crippen LogP contribution in [0.25, 0.3) is 10.9 Å². The van der Waals surface area contributed by atoms with Gasteiger partial charge in [-0.25, -0.2) is 0 Å². The van der Waals surface area contributed by atoms with Crippen molar-refractivity contribution in [3.8, 4) is 0 Å². The van der Waals surface area contributed by atoms with Gasteiger partial charge in [-0.05, 0) is 34.1 Å². The van der Waals surface area contributed by atoms with Gasteiger partial charge in [0.15, 0.2) is 0 Å². The summed E-state index contributed by atoms with van der Waals surface area (Å²) in [6, 6.07) is 5.56. The fourth-order valence-electron chi connectivity index (χ4n) is 1.72. The number of fused-ring (bicyclic) bond motifs is 1. The number of nitrogens with one attached hydrogen (secondary N) is 1. The number of hydrogen-bond donors (Lipinski definition) is 1. The van der Waals surface area contributed by atoms with Crippen LogP contribution in [0.4, 0.5) is 0 Å². The van der Waals surface area contributed by atoms with E-state index in [1.54, 1.807) is 18.6 Å². The minimum atomic E-state index is 0.0277. The SMILES string of the molecule is O=C(c1ccc(Br)s1)c1c[nH]c2ccncc12. The summed E-state index contributed by atoms with van der Waals surface area (Å²) in [5.41, 5.74) is 1.60. The van der Waals surface area contributed by atoms with Crippen molar-refractivity contribution in [2.75, 3.05) is 0 Å².